The van der Waals surface area contributed by atoms with E-state index in [1.54, 1.807) is 0 Å². The maximum absolute atomic E-state index is 9.56. The molecule has 0 saturated carbocycles. The SMILES string of the molecule is N#Cc1cccc(-c2ccc3c4c(cccc24)-c2c-3c(-c3ccccc3)c3ccccc3c2-c2ccccc2)c1. The molecule has 1 heteroatoms. The maximum atomic E-state index is 9.56. The van der Waals surface area contributed by atoms with Crippen LogP contribution in [0.5, 0.6) is 0 Å². The quantitative estimate of drug-likeness (QED) is 0.234. The third-order valence-electron chi connectivity index (χ3n) is 8.22. The number of rotatable bonds is 3. The van der Waals surface area contributed by atoms with Crippen LogP contribution in [0.15, 0.2) is 140 Å². The molecule has 184 valence electrons. The first-order valence-corrected chi connectivity index (χ1v) is 13.6. The summed E-state index contributed by atoms with van der Waals surface area (Å²) < 4.78 is 0. The van der Waals surface area contributed by atoms with Gasteiger partial charge >= 0.3 is 0 Å². The molecule has 0 saturated heterocycles. The minimum Gasteiger partial charge on any atom is -0.192 e. The van der Waals surface area contributed by atoms with Crippen LogP contribution in [0.4, 0.5) is 0 Å². The molecule has 8 rings (SSSR count). The molecule has 0 amide bonds. The lowest BCUT2D eigenvalue weighted by Gasteiger charge is -2.20. The van der Waals surface area contributed by atoms with Gasteiger partial charge in [0.1, 0.15) is 0 Å². The van der Waals surface area contributed by atoms with Gasteiger partial charge in [-0.3, -0.25) is 0 Å². The van der Waals surface area contributed by atoms with E-state index in [0.29, 0.717) is 5.56 Å². The second-order valence-electron chi connectivity index (χ2n) is 10.4. The van der Waals surface area contributed by atoms with E-state index >= 15 is 0 Å². The number of fused-ring (bicyclic) bond motifs is 4. The minimum absolute atomic E-state index is 0.674. The molecule has 1 aliphatic rings. The van der Waals surface area contributed by atoms with Crippen molar-refractivity contribution in [1.82, 2.24) is 0 Å². The summed E-state index contributed by atoms with van der Waals surface area (Å²) in [6.45, 7) is 0. The van der Waals surface area contributed by atoms with Gasteiger partial charge in [0.2, 0.25) is 0 Å². The largest absolute Gasteiger partial charge is 0.192 e. The molecule has 0 radical (unpaired) electrons. The van der Waals surface area contributed by atoms with Gasteiger partial charge in [-0.2, -0.15) is 5.26 Å². The highest BCUT2D eigenvalue weighted by atomic mass is 14.3. The van der Waals surface area contributed by atoms with Gasteiger partial charge in [0, 0.05) is 0 Å². The Hall–Kier alpha value is -5.45. The van der Waals surface area contributed by atoms with Crippen LogP contribution >= 0.6 is 0 Å². The second kappa shape index (κ2) is 8.80. The average Bonchev–Trinajstić information content (AvgIpc) is 3.36. The second-order valence-corrected chi connectivity index (χ2v) is 10.4. The number of hydrogen-bond acceptors (Lipinski definition) is 1. The van der Waals surface area contributed by atoms with Crippen LogP contribution in [0, 0.1) is 11.3 Å². The van der Waals surface area contributed by atoms with Gasteiger partial charge in [0.05, 0.1) is 11.6 Å². The summed E-state index contributed by atoms with van der Waals surface area (Å²) in [5.74, 6) is 0. The van der Waals surface area contributed by atoms with Crippen molar-refractivity contribution in [2.45, 2.75) is 0 Å². The molecule has 0 fully saturated rings. The fraction of sp³-hybridized carbons (Fsp3) is 0. The van der Waals surface area contributed by atoms with Crippen molar-refractivity contribution in [3.05, 3.63) is 145 Å². The Kier molecular flexibility index (Phi) is 4.96. The molecular formula is C39H23N. The standard InChI is InChI=1S/C39H23N/c40-24-25-11-9-16-28(23-25)29-21-22-34-37-30(29)19-10-20-33(37)38-35(26-12-3-1-4-13-26)31-17-7-8-18-32(31)36(39(34)38)27-14-5-2-6-15-27/h1-23H. The molecule has 0 atom stereocenters. The molecule has 0 N–H and O–H groups in total. The molecule has 0 aliphatic heterocycles. The first kappa shape index (κ1) is 22.5. The fourth-order valence-electron chi connectivity index (χ4n) is 6.62. The zero-order chi connectivity index (χ0) is 26.6. The van der Waals surface area contributed by atoms with Crippen LogP contribution in [0.1, 0.15) is 5.56 Å². The summed E-state index contributed by atoms with van der Waals surface area (Å²) in [4.78, 5) is 0. The summed E-state index contributed by atoms with van der Waals surface area (Å²) in [5.41, 5.74) is 13.0. The Morgan fingerprint density at radius 3 is 1.50 bits per heavy atom. The topological polar surface area (TPSA) is 23.8 Å². The summed E-state index contributed by atoms with van der Waals surface area (Å²) >= 11 is 0. The van der Waals surface area contributed by atoms with Crippen molar-refractivity contribution < 1.29 is 0 Å². The van der Waals surface area contributed by atoms with Crippen molar-refractivity contribution >= 4 is 21.5 Å². The van der Waals surface area contributed by atoms with E-state index in [4.69, 9.17) is 0 Å². The van der Waals surface area contributed by atoms with E-state index in [1.165, 1.54) is 66.1 Å². The molecule has 0 bridgehead atoms. The molecule has 0 heterocycles. The monoisotopic (exact) mass is 505 g/mol. The lowest BCUT2D eigenvalue weighted by molar-refractivity contribution is 1.48. The van der Waals surface area contributed by atoms with E-state index in [0.717, 1.165) is 11.1 Å². The lowest BCUT2D eigenvalue weighted by atomic mass is 9.82. The van der Waals surface area contributed by atoms with Gasteiger partial charge in [-0.05, 0) is 89.3 Å². The summed E-state index contributed by atoms with van der Waals surface area (Å²) in [5, 5.41) is 14.6. The molecule has 0 aromatic heterocycles. The number of nitrogens with zero attached hydrogens (tertiary/aromatic N) is 1. The maximum Gasteiger partial charge on any atom is 0.0991 e. The van der Waals surface area contributed by atoms with E-state index in [9.17, 15) is 5.26 Å². The Morgan fingerprint density at radius 1 is 0.375 bits per heavy atom. The third-order valence-corrected chi connectivity index (χ3v) is 8.22. The van der Waals surface area contributed by atoms with Gasteiger partial charge in [0.25, 0.3) is 0 Å². The highest BCUT2D eigenvalue weighted by Gasteiger charge is 2.31. The first-order chi connectivity index (χ1) is 19.8. The summed E-state index contributed by atoms with van der Waals surface area (Å²) in [6.07, 6.45) is 0. The van der Waals surface area contributed by atoms with Crippen LogP contribution in [0.25, 0.3) is 77.2 Å². The number of hydrogen-bond donors (Lipinski definition) is 0. The highest BCUT2D eigenvalue weighted by Crippen LogP contribution is 2.58. The zero-order valence-electron chi connectivity index (χ0n) is 21.7. The predicted molar refractivity (Wildman–Crippen MR) is 167 cm³/mol. The molecule has 7 aromatic rings. The van der Waals surface area contributed by atoms with Crippen LogP contribution < -0.4 is 0 Å². The molecule has 40 heavy (non-hydrogen) atoms. The van der Waals surface area contributed by atoms with Crippen LogP contribution in [0.3, 0.4) is 0 Å². The molecular weight excluding hydrogens is 482 g/mol. The van der Waals surface area contributed by atoms with Gasteiger partial charge in [0.15, 0.2) is 0 Å². The Morgan fingerprint density at radius 2 is 0.875 bits per heavy atom. The van der Waals surface area contributed by atoms with Gasteiger partial charge in [-0.25, -0.2) is 0 Å². The molecule has 1 nitrogen and oxygen atoms in total. The zero-order valence-corrected chi connectivity index (χ0v) is 21.7. The predicted octanol–water partition coefficient (Wildman–Crippen LogP) is 10.5. The van der Waals surface area contributed by atoms with E-state index in [-0.39, 0.29) is 0 Å². The van der Waals surface area contributed by atoms with Crippen molar-refractivity contribution in [2.75, 3.05) is 0 Å². The smallest absolute Gasteiger partial charge is 0.0991 e. The molecule has 7 aromatic carbocycles. The van der Waals surface area contributed by atoms with Crippen molar-refractivity contribution in [3.8, 4) is 61.7 Å². The Labute approximate surface area is 233 Å². The first-order valence-electron chi connectivity index (χ1n) is 13.6. The van der Waals surface area contributed by atoms with Gasteiger partial charge in [-0.1, -0.05) is 127 Å². The van der Waals surface area contributed by atoms with E-state index in [1.807, 2.05) is 18.2 Å². The van der Waals surface area contributed by atoms with Crippen molar-refractivity contribution in [2.24, 2.45) is 0 Å². The number of nitriles is 1. The van der Waals surface area contributed by atoms with Crippen LogP contribution in [-0.2, 0) is 0 Å². The molecule has 0 spiro atoms. The molecule has 1 aliphatic carbocycles. The van der Waals surface area contributed by atoms with Crippen LogP contribution in [0.2, 0.25) is 0 Å². The normalized spacial score (nSPS) is 11.5. The minimum atomic E-state index is 0.674. The average molecular weight is 506 g/mol. The lowest BCUT2D eigenvalue weighted by Crippen LogP contribution is -1.93. The van der Waals surface area contributed by atoms with Crippen LogP contribution in [-0.4, -0.2) is 0 Å². The third kappa shape index (κ3) is 3.20. The fourth-order valence-corrected chi connectivity index (χ4v) is 6.62. The Bertz CT molecular complexity index is 2060. The van der Waals surface area contributed by atoms with Crippen molar-refractivity contribution in [1.29, 1.82) is 5.26 Å². The van der Waals surface area contributed by atoms with E-state index < -0.39 is 0 Å². The van der Waals surface area contributed by atoms with E-state index in [2.05, 4.69) is 127 Å². The van der Waals surface area contributed by atoms with Gasteiger partial charge in [-0.15, -0.1) is 0 Å². The highest BCUT2D eigenvalue weighted by molar-refractivity contribution is 6.28. The number of benzene rings is 7. The summed E-state index contributed by atoms with van der Waals surface area (Å²) in [7, 11) is 0. The summed E-state index contributed by atoms with van der Waals surface area (Å²) in [6, 6.07) is 51.9. The Balaban J connectivity index is 1.56. The van der Waals surface area contributed by atoms with Crippen molar-refractivity contribution in [3.63, 3.8) is 0 Å². The molecule has 0 unspecified atom stereocenters. The van der Waals surface area contributed by atoms with Gasteiger partial charge < -0.3 is 0 Å².